The van der Waals surface area contributed by atoms with Crippen molar-refractivity contribution >= 4 is 29.5 Å². The summed E-state index contributed by atoms with van der Waals surface area (Å²) in [4.78, 5) is 15.4. The first-order chi connectivity index (χ1) is 13.0. The van der Waals surface area contributed by atoms with Crippen molar-refractivity contribution in [2.45, 2.75) is 13.5 Å². The van der Waals surface area contributed by atoms with Gasteiger partial charge in [0.1, 0.15) is 12.4 Å². The van der Waals surface area contributed by atoms with Gasteiger partial charge in [0.15, 0.2) is 0 Å². The Bertz CT molecular complexity index is 981. The van der Waals surface area contributed by atoms with E-state index in [2.05, 4.69) is 4.99 Å². The van der Waals surface area contributed by atoms with Crippen LogP contribution in [0.5, 0.6) is 5.75 Å². The summed E-state index contributed by atoms with van der Waals surface area (Å²) in [5.74, 6) is -0.248. The molecule has 4 nitrogen and oxygen atoms in total. The zero-order chi connectivity index (χ0) is 19.2. The van der Waals surface area contributed by atoms with E-state index in [0.29, 0.717) is 17.4 Å². The van der Waals surface area contributed by atoms with Crippen molar-refractivity contribution in [3.8, 4) is 5.75 Å². The van der Waals surface area contributed by atoms with E-state index in [-0.39, 0.29) is 5.56 Å². The van der Waals surface area contributed by atoms with Crippen LogP contribution in [-0.4, -0.2) is 17.3 Å². The average molecular weight is 380 g/mol. The fourth-order valence-electron chi connectivity index (χ4n) is 2.43. The molecule has 0 aromatic heterocycles. The Kier molecular flexibility index (Phi) is 5.89. The van der Waals surface area contributed by atoms with Crippen LogP contribution in [-0.2, 0) is 6.61 Å². The van der Waals surface area contributed by atoms with Crippen LogP contribution in [0.25, 0.3) is 0 Å². The van der Waals surface area contributed by atoms with Crippen LogP contribution in [0.15, 0.2) is 71.7 Å². The number of para-hydroxylation sites is 1. The van der Waals surface area contributed by atoms with Crippen molar-refractivity contribution in [3.63, 3.8) is 0 Å². The maximum Gasteiger partial charge on any atom is 0.335 e. The molecule has 0 atom stereocenters. The molecule has 0 aliphatic heterocycles. The summed E-state index contributed by atoms with van der Waals surface area (Å²) in [5.41, 5.74) is 3.76. The SMILES string of the molecule is Cc1ccc(N=Cc2ccccc2OCc2ccc(C(=O)O)cc2)cc1Cl. The number of aryl methyl sites for hydroxylation is 1. The summed E-state index contributed by atoms with van der Waals surface area (Å²) in [5, 5.41) is 9.63. The Morgan fingerprint density at radius 2 is 1.85 bits per heavy atom. The van der Waals surface area contributed by atoms with Gasteiger partial charge in [-0.05, 0) is 54.4 Å². The lowest BCUT2D eigenvalue weighted by atomic mass is 10.1. The highest BCUT2D eigenvalue weighted by atomic mass is 35.5. The van der Waals surface area contributed by atoms with Crippen LogP contribution >= 0.6 is 11.6 Å². The Balaban J connectivity index is 1.72. The third kappa shape index (κ3) is 4.96. The minimum atomic E-state index is -0.944. The monoisotopic (exact) mass is 379 g/mol. The third-order valence-electron chi connectivity index (χ3n) is 4.02. The molecule has 0 saturated heterocycles. The van der Waals surface area contributed by atoms with Crippen molar-refractivity contribution in [1.82, 2.24) is 0 Å². The number of rotatable bonds is 6. The number of carboxylic acid groups (broad SMARTS) is 1. The van der Waals surface area contributed by atoms with Crippen LogP contribution in [0.4, 0.5) is 5.69 Å². The topological polar surface area (TPSA) is 58.9 Å². The summed E-state index contributed by atoms with van der Waals surface area (Å²) in [7, 11) is 0. The molecular weight excluding hydrogens is 362 g/mol. The fraction of sp³-hybridized carbons (Fsp3) is 0.0909. The summed E-state index contributed by atoms with van der Waals surface area (Å²) in [6.45, 7) is 2.28. The van der Waals surface area contributed by atoms with E-state index in [4.69, 9.17) is 21.4 Å². The second-order valence-corrected chi connectivity index (χ2v) is 6.43. The van der Waals surface area contributed by atoms with Gasteiger partial charge in [0.05, 0.1) is 11.3 Å². The normalized spacial score (nSPS) is 10.9. The molecule has 1 N–H and O–H groups in total. The van der Waals surface area contributed by atoms with Crippen molar-refractivity contribution in [2.24, 2.45) is 4.99 Å². The molecule has 3 rings (SSSR count). The van der Waals surface area contributed by atoms with Gasteiger partial charge in [0.2, 0.25) is 0 Å². The van der Waals surface area contributed by atoms with Gasteiger partial charge in [0, 0.05) is 16.8 Å². The molecule has 3 aromatic rings. The number of aromatic carboxylic acids is 1. The number of benzene rings is 3. The summed E-state index contributed by atoms with van der Waals surface area (Å²) in [6.07, 6.45) is 1.74. The minimum absolute atomic E-state index is 0.253. The highest BCUT2D eigenvalue weighted by molar-refractivity contribution is 6.31. The quantitative estimate of drug-likeness (QED) is 0.561. The molecule has 0 spiro atoms. The van der Waals surface area contributed by atoms with E-state index in [0.717, 1.165) is 22.4 Å². The predicted octanol–water partition coefficient (Wildman–Crippen LogP) is 5.68. The first-order valence-corrected chi connectivity index (χ1v) is 8.75. The molecule has 0 heterocycles. The van der Waals surface area contributed by atoms with Gasteiger partial charge in [-0.15, -0.1) is 0 Å². The molecule has 5 heteroatoms. The standard InChI is InChI=1S/C22H18ClNO3/c1-15-6-11-19(12-20(15)23)24-13-18-4-2-3-5-21(18)27-14-16-7-9-17(10-8-16)22(25)26/h2-13H,14H2,1H3,(H,25,26). The minimum Gasteiger partial charge on any atom is -0.488 e. The van der Waals surface area contributed by atoms with Gasteiger partial charge in [-0.3, -0.25) is 4.99 Å². The molecular formula is C22H18ClNO3. The van der Waals surface area contributed by atoms with Crippen LogP contribution in [0.2, 0.25) is 5.02 Å². The molecule has 0 aliphatic rings. The average Bonchev–Trinajstić information content (AvgIpc) is 2.68. The first-order valence-electron chi connectivity index (χ1n) is 8.37. The van der Waals surface area contributed by atoms with Crippen molar-refractivity contribution in [1.29, 1.82) is 0 Å². The zero-order valence-electron chi connectivity index (χ0n) is 14.7. The van der Waals surface area contributed by atoms with Crippen molar-refractivity contribution in [2.75, 3.05) is 0 Å². The second kappa shape index (κ2) is 8.52. The van der Waals surface area contributed by atoms with Crippen molar-refractivity contribution in [3.05, 3.63) is 94.0 Å². The number of ether oxygens (including phenoxy) is 1. The number of hydrogen-bond acceptors (Lipinski definition) is 3. The highest BCUT2D eigenvalue weighted by Crippen LogP contribution is 2.23. The lowest BCUT2D eigenvalue weighted by Gasteiger charge is -2.09. The number of carboxylic acids is 1. The number of aliphatic imine (C=N–C) groups is 1. The van der Waals surface area contributed by atoms with Gasteiger partial charge < -0.3 is 9.84 Å². The van der Waals surface area contributed by atoms with Gasteiger partial charge in [0.25, 0.3) is 0 Å². The molecule has 0 unspecified atom stereocenters. The maximum absolute atomic E-state index is 10.9. The molecule has 3 aromatic carbocycles. The van der Waals surface area contributed by atoms with E-state index >= 15 is 0 Å². The molecule has 136 valence electrons. The molecule has 0 saturated carbocycles. The largest absolute Gasteiger partial charge is 0.488 e. The van der Waals surface area contributed by atoms with E-state index < -0.39 is 5.97 Å². The third-order valence-corrected chi connectivity index (χ3v) is 4.43. The second-order valence-electron chi connectivity index (χ2n) is 6.02. The Morgan fingerprint density at radius 3 is 2.56 bits per heavy atom. The Labute approximate surface area is 162 Å². The molecule has 27 heavy (non-hydrogen) atoms. The molecule has 0 radical (unpaired) electrons. The lowest BCUT2D eigenvalue weighted by molar-refractivity contribution is 0.0697. The maximum atomic E-state index is 10.9. The van der Waals surface area contributed by atoms with Gasteiger partial charge in [-0.1, -0.05) is 41.9 Å². The Hall–Kier alpha value is -3.11. The van der Waals surface area contributed by atoms with Crippen molar-refractivity contribution < 1.29 is 14.6 Å². The first kappa shape index (κ1) is 18.7. The molecule has 0 aliphatic carbocycles. The van der Waals surface area contributed by atoms with Gasteiger partial charge in [-0.2, -0.15) is 0 Å². The highest BCUT2D eigenvalue weighted by Gasteiger charge is 2.04. The van der Waals surface area contributed by atoms with Gasteiger partial charge >= 0.3 is 5.97 Å². The lowest BCUT2D eigenvalue weighted by Crippen LogP contribution is -2.00. The molecule has 0 fully saturated rings. The summed E-state index contributed by atoms with van der Waals surface area (Å²) >= 11 is 6.14. The van der Waals surface area contributed by atoms with Crippen LogP contribution in [0.1, 0.15) is 27.0 Å². The number of halogens is 1. The number of nitrogens with zero attached hydrogens (tertiary/aromatic N) is 1. The fourth-order valence-corrected chi connectivity index (χ4v) is 2.60. The van der Waals surface area contributed by atoms with Crippen LogP contribution < -0.4 is 4.74 Å². The zero-order valence-corrected chi connectivity index (χ0v) is 15.5. The summed E-state index contributed by atoms with van der Waals surface area (Å²) in [6, 6.07) is 19.9. The summed E-state index contributed by atoms with van der Waals surface area (Å²) < 4.78 is 5.89. The van der Waals surface area contributed by atoms with E-state index in [1.165, 1.54) is 0 Å². The number of carbonyl (C=O) groups is 1. The van der Waals surface area contributed by atoms with E-state index in [1.807, 2.05) is 49.4 Å². The van der Waals surface area contributed by atoms with E-state index in [9.17, 15) is 4.79 Å². The smallest absolute Gasteiger partial charge is 0.335 e. The van der Waals surface area contributed by atoms with Crippen LogP contribution in [0.3, 0.4) is 0 Å². The van der Waals surface area contributed by atoms with Crippen LogP contribution in [0, 0.1) is 6.92 Å². The Morgan fingerprint density at radius 1 is 1.11 bits per heavy atom. The van der Waals surface area contributed by atoms with E-state index in [1.54, 1.807) is 30.5 Å². The molecule has 0 bridgehead atoms. The predicted molar refractivity (Wildman–Crippen MR) is 108 cm³/mol. The number of hydrogen-bond donors (Lipinski definition) is 1. The van der Waals surface area contributed by atoms with Gasteiger partial charge in [-0.25, -0.2) is 4.79 Å². The molecule has 0 amide bonds.